The lowest BCUT2D eigenvalue weighted by Crippen LogP contribution is -2.63. The van der Waals surface area contributed by atoms with E-state index < -0.39 is 25.7 Å². The topological polar surface area (TPSA) is 36.9 Å². The minimum absolute atomic E-state index is 0.00865. The van der Waals surface area contributed by atoms with Crippen LogP contribution in [0.1, 0.15) is 55.4 Å². The summed E-state index contributed by atoms with van der Waals surface area (Å²) in [4.78, 5) is 0. The van der Waals surface area contributed by atoms with Gasteiger partial charge in [0.15, 0.2) is 16.6 Å². The minimum atomic E-state index is -3.19. The van der Waals surface area contributed by atoms with Crippen LogP contribution in [-0.2, 0) is 17.1 Å². The summed E-state index contributed by atoms with van der Waals surface area (Å²) in [6, 6.07) is 0. The molecule has 0 aromatic rings. The van der Waals surface area contributed by atoms with Gasteiger partial charge < -0.3 is 17.1 Å². The van der Waals surface area contributed by atoms with E-state index in [-0.39, 0.29) is 12.2 Å². The largest absolute Gasteiger partial charge is 0.658 e. The molecule has 7 heteroatoms. The van der Waals surface area contributed by atoms with E-state index in [1.807, 2.05) is 27.7 Å². The van der Waals surface area contributed by atoms with E-state index in [9.17, 15) is 0 Å². The Hall–Kier alpha value is 0.491. The van der Waals surface area contributed by atoms with Crippen LogP contribution >= 0.6 is 0 Å². The lowest BCUT2D eigenvalue weighted by Gasteiger charge is -2.43. The zero-order chi connectivity index (χ0) is 18.6. The summed E-state index contributed by atoms with van der Waals surface area (Å²) in [7, 11) is -7.15. The van der Waals surface area contributed by atoms with E-state index in [4.69, 9.17) is 17.1 Å². The molecule has 0 N–H and O–H groups in total. The smallest absolute Gasteiger partial charge is 0.394 e. The van der Waals surface area contributed by atoms with Crippen molar-refractivity contribution >= 4 is 25.7 Å². The van der Waals surface area contributed by atoms with Gasteiger partial charge >= 0.3 is 9.05 Å². The first kappa shape index (κ1) is 23.5. The Kier molecular flexibility index (Phi) is 8.92. The van der Waals surface area contributed by atoms with Crippen molar-refractivity contribution in [2.24, 2.45) is 0 Å². The molecule has 0 fully saturated rings. The van der Waals surface area contributed by atoms with Gasteiger partial charge in [-0.15, -0.1) is 0 Å². The summed E-state index contributed by atoms with van der Waals surface area (Å²) >= 11 is 0. The van der Waals surface area contributed by atoms with Gasteiger partial charge in [0.2, 0.25) is 0 Å². The molecule has 4 nitrogen and oxygen atoms in total. The van der Waals surface area contributed by atoms with Crippen molar-refractivity contribution < 1.29 is 17.1 Å². The second-order valence-electron chi connectivity index (χ2n) is 8.55. The summed E-state index contributed by atoms with van der Waals surface area (Å²) in [6.45, 7) is 25.8. The lowest BCUT2D eigenvalue weighted by atomic mass is 10.5. The third-order valence-electron chi connectivity index (χ3n) is 4.32. The molecule has 0 bridgehead atoms. The van der Waals surface area contributed by atoms with Crippen LogP contribution in [0.15, 0.2) is 0 Å². The van der Waals surface area contributed by atoms with Crippen LogP contribution in [0.25, 0.3) is 0 Å². The molecule has 23 heavy (non-hydrogen) atoms. The molecule has 0 aliphatic rings. The van der Waals surface area contributed by atoms with Crippen LogP contribution in [0.4, 0.5) is 0 Å². The maximum atomic E-state index is 6.64. The highest BCUT2D eigenvalue weighted by Gasteiger charge is 2.55. The molecule has 0 aromatic carbocycles. The molecule has 0 radical (unpaired) electrons. The highest BCUT2D eigenvalue weighted by atomic mass is 28.5. The van der Waals surface area contributed by atoms with Gasteiger partial charge in [-0.25, -0.2) is 0 Å². The van der Waals surface area contributed by atoms with E-state index in [1.54, 1.807) is 0 Å². The highest BCUT2D eigenvalue weighted by Crippen LogP contribution is 2.33. The van der Waals surface area contributed by atoms with Crippen molar-refractivity contribution in [3.8, 4) is 0 Å². The average Bonchev–Trinajstić information content (AvgIpc) is 2.23. The molecule has 0 rings (SSSR count). The number of rotatable bonds is 10. The summed E-state index contributed by atoms with van der Waals surface area (Å²) < 4.78 is 25.8. The van der Waals surface area contributed by atoms with Crippen LogP contribution in [0.3, 0.4) is 0 Å². The zero-order valence-electron chi connectivity index (χ0n) is 17.4. The van der Waals surface area contributed by atoms with E-state index in [0.717, 1.165) is 0 Å². The molecular weight excluding hydrogens is 340 g/mol. The predicted molar refractivity (Wildman–Crippen MR) is 106 cm³/mol. The maximum absolute atomic E-state index is 6.64. The van der Waals surface area contributed by atoms with Crippen molar-refractivity contribution in [3.05, 3.63) is 0 Å². The highest BCUT2D eigenvalue weighted by molar-refractivity contribution is 6.85. The molecule has 0 amide bonds. The van der Waals surface area contributed by atoms with Crippen LogP contribution < -0.4 is 0 Å². The molecular formula is C16H40O4Si3. The second-order valence-corrected chi connectivity index (χ2v) is 20.4. The SMILES string of the molecule is CC(C)O[Si](OC(C)C)(O[Si](C)(C)C(C)C)O[Si](C)(C)C(C)C. The average molecular weight is 381 g/mol. The summed E-state index contributed by atoms with van der Waals surface area (Å²) in [5.74, 6) is 0. The van der Waals surface area contributed by atoms with Gasteiger partial charge in [-0.05, 0) is 65.0 Å². The van der Waals surface area contributed by atoms with Crippen molar-refractivity contribution in [2.75, 3.05) is 0 Å². The Bertz CT molecular complexity index is 321. The predicted octanol–water partition coefficient (Wildman–Crippen LogP) is 5.54. The van der Waals surface area contributed by atoms with E-state index >= 15 is 0 Å². The molecule has 0 aliphatic carbocycles. The Balaban J connectivity index is 5.76. The molecule has 0 aromatic heterocycles. The third-order valence-corrected chi connectivity index (χ3v) is 17.6. The van der Waals surface area contributed by atoms with Gasteiger partial charge in [0.1, 0.15) is 0 Å². The normalized spacial score (nSPS) is 14.6. The Morgan fingerprint density at radius 1 is 0.522 bits per heavy atom. The molecule has 0 aliphatic heterocycles. The molecule has 0 atom stereocenters. The van der Waals surface area contributed by atoms with Gasteiger partial charge in [-0.3, -0.25) is 0 Å². The summed E-state index contributed by atoms with van der Waals surface area (Å²) in [5.41, 5.74) is 0.932. The fraction of sp³-hybridized carbons (Fsp3) is 1.00. The zero-order valence-corrected chi connectivity index (χ0v) is 20.4. The van der Waals surface area contributed by atoms with Gasteiger partial charge in [-0.2, -0.15) is 0 Å². The van der Waals surface area contributed by atoms with Crippen LogP contribution in [0, 0.1) is 0 Å². The maximum Gasteiger partial charge on any atom is 0.658 e. The first-order chi connectivity index (χ1) is 10.1. The second kappa shape index (κ2) is 8.73. The van der Waals surface area contributed by atoms with E-state index in [1.165, 1.54) is 0 Å². The first-order valence-electron chi connectivity index (χ1n) is 8.89. The fourth-order valence-electron chi connectivity index (χ4n) is 1.60. The molecule has 0 saturated heterocycles. The van der Waals surface area contributed by atoms with Crippen molar-refractivity contribution in [3.63, 3.8) is 0 Å². The van der Waals surface area contributed by atoms with E-state index in [2.05, 4.69) is 53.9 Å². The number of hydrogen-bond acceptors (Lipinski definition) is 4. The molecule has 0 saturated carbocycles. The fourth-order valence-corrected chi connectivity index (χ4v) is 11.2. The van der Waals surface area contributed by atoms with Crippen LogP contribution in [-0.4, -0.2) is 37.9 Å². The lowest BCUT2D eigenvalue weighted by molar-refractivity contribution is -0.00514. The van der Waals surface area contributed by atoms with E-state index in [0.29, 0.717) is 11.1 Å². The molecule has 140 valence electrons. The van der Waals surface area contributed by atoms with Gasteiger partial charge in [0.05, 0.1) is 0 Å². The molecule has 0 unspecified atom stereocenters. The summed E-state index contributed by atoms with van der Waals surface area (Å²) in [6.07, 6.45) is 0.0173. The monoisotopic (exact) mass is 380 g/mol. The van der Waals surface area contributed by atoms with Gasteiger partial charge in [-0.1, -0.05) is 27.7 Å². The van der Waals surface area contributed by atoms with Crippen LogP contribution in [0.2, 0.25) is 37.3 Å². The quantitative estimate of drug-likeness (QED) is 0.466. The van der Waals surface area contributed by atoms with Crippen molar-refractivity contribution in [2.45, 2.75) is 105 Å². The Morgan fingerprint density at radius 2 is 0.783 bits per heavy atom. The third kappa shape index (κ3) is 7.94. The Morgan fingerprint density at radius 3 is 0.957 bits per heavy atom. The standard InChI is InChI=1S/C16H40O4Si3/c1-13(2)17-23(18-14(3)4,19-21(9,10)15(5)6)20-22(11,12)16(7)8/h13-16H,1-12H3. The number of hydrogen-bond donors (Lipinski definition) is 0. The molecule has 0 heterocycles. The van der Waals surface area contributed by atoms with Crippen molar-refractivity contribution in [1.82, 2.24) is 0 Å². The van der Waals surface area contributed by atoms with Crippen molar-refractivity contribution in [1.29, 1.82) is 0 Å². The molecule has 0 spiro atoms. The minimum Gasteiger partial charge on any atom is -0.394 e. The van der Waals surface area contributed by atoms with Gasteiger partial charge in [0, 0.05) is 12.2 Å². The first-order valence-corrected chi connectivity index (χ1v) is 16.5. The van der Waals surface area contributed by atoms with Gasteiger partial charge in [0.25, 0.3) is 0 Å². The Labute approximate surface area is 148 Å². The van der Waals surface area contributed by atoms with Crippen LogP contribution in [0.5, 0.6) is 0 Å². The summed E-state index contributed by atoms with van der Waals surface area (Å²) in [5, 5.41) is 0.